The van der Waals surface area contributed by atoms with Gasteiger partial charge in [-0.25, -0.2) is 0 Å². The van der Waals surface area contributed by atoms with Gasteiger partial charge >= 0.3 is 0 Å². The largest absolute Gasteiger partial charge is 0.393 e. The average molecular weight is 389 g/mol. The first-order chi connectivity index (χ1) is 13.2. The molecule has 0 radical (unpaired) electrons. The molecule has 0 heterocycles. The van der Waals surface area contributed by atoms with E-state index in [0.29, 0.717) is 10.8 Å². The second kappa shape index (κ2) is 7.41. The molecule has 4 rings (SSSR count). The third-order valence-corrected chi connectivity index (χ3v) is 10.0. The number of unbranched alkanes of at least 4 members (excludes halogenated alkanes) is 1. The Hall–Kier alpha value is -0.340. The predicted octanol–water partition coefficient (Wildman–Crippen LogP) is 6.26. The van der Waals surface area contributed by atoms with Gasteiger partial charge in [-0.15, -0.1) is 0 Å². The number of aliphatic hydroxyl groups excluding tert-OH is 1. The van der Waals surface area contributed by atoms with Crippen molar-refractivity contribution in [1.29, 1.82) is 0 Å². The van der Waals surface area contributed by atoms with Crippen molar-refractivity contribution in [1.82, 2.24) is 0 Å². The summed E-state index contributed by atoms with van der Waals surface area (Å²) in [4.78, 5) is 0. The zero-order valence-electron chi connectivity index (χ0n) is 18.8. The number of hydrogen-bond donors (Lipinski definition) is 2. The van der Waals surface area contributed by atoms with Crippen LogP contribution in [0.15, 0.2) is 11.6 Å². The molecular weight excluding hydrogens is 344 g/mol. The highest BCUT2D eigenvalue weighted by molar-refractivity contribution is 5.26. The summed E-state index contributed by atoms with van der Waals surface area (Å²) in [5.41, 5.74) is 2.00. The Labute approximate surface area is 173 Å². The first kappa shape index (κ1) is 20.9. The van der Waals surface area contributed by atoms with Crippen molar-refractivity contribution in [2.24, 2.45) is 34.5 Å². The van der Waals surface area contributed by atoms with E-state index in [0.717, 1.165) is 42.9 Å². The second-order valence-electron chi connectivity index (χ2n) is 11.9. The van der Waals surface area contributed by atoms with E-state index in [9.17, 15) is 10.2 Å². The summed E-state index contributed by atoms with van der Waals surface area (Å²) in [5, 5.41) is 20.2. The molecule has 0 amide bonds. The standard InChI is InChI=1S/C26H44O2/c1-18(27)7-5-6-8-19-10-12-22-21-11-9-20-17-24(2,28)15-16-26(20,4)23(21)13-14-25(19,22)3/h9,18-19,21-23,27-28H,5-8,10-17H2,1-4H3/t18?,19?,21?,22?,23?,24-,25?,26?/m0/s1. The van der Waals surface area contributed by atoms with Gasteiger partial charge in [0.25, 0.3) is 0 Å². The molecule has 160 valence electrons. The number of hydrogen-bond acceptors (Lipinski definition) is 2. The van der Waals surface area contributed by atoms with Crippen LogP contribution in [0.1, 0.15) is 105 Å². The van der Waals surface area contributed by atoms with E-state index in [2.05, 4.69) is 19.9 Å². The molecule has 0 spiro atoms. The zero-order chi connectivity index (χ0) is 20.2. The fourth-order valence-corrected chi connectivity index (χ4v) is 8.22. The Balaban J connectivity index is 1.47. The van der Waals surface area contributed by atoms with Crippen molar-refractivity contribution in [2.45, 2.75) is 116 Å². The summed E-state index contributed by atoms with van der Waals surface area (Å²) >= 11 is 0. The molecular formula is C26H44O2. The van der Waals surface area contributed by atoms with Gasteiger partial charge < -0.3 is 10.2 Å². The van der Waals surface area contributed by atoms with Crippen molar-refractivity contribution in [3.05, 3.63) is 11.6 Å². The van der Waals surface area contributed by atoms with Crippen LogP contribution in [0.2, 0.25) is 0 Å². The fraction of sp³-hybridized carbons (Fsp3) is 0.923. The molecule has 4 aliphatic rings. The molecule has 0 aromatic heterocycles. The summed E-state index contributed by atoms with van der Waals surface area (Å²) < 4.78 is 0. The van der Waals surface area contributed by atoms with E-state index in [4.69, 9.17) is 0 Å². The highest BCUT2D eigenvalue weighted by atomic mass is 16.3. The molecule has 0 bridgehead atoms. The fourth-order valence-electron chi connectivity index (χ4n) is 8.22. The Morgan fingerprint density at radius 2 is 1.82 bits per heavy atom. The van der Waals surface area contributed by atoms with Crippen LogP contribution < -0.4 is 0 Å². The lowest BCUT2D eigenvalue weighted by Crippen LogP contribution is -2.51. The number of allylic oxidation sites excluding steroid dienone is 1. The third-order valence-electron chi connectivity index (χ3n) is 10.0. The minimum absolute atomic E-state index is 0.136. The molecule has 0 saturated heterocycles. The molecule has 3 fully saturated rings. The van der Waals surface area contributed by atoms with Crippen LogP contribution in [0.25, 0.3) is 0 Å². The lowest BCUT2D eigenvalue weighted by Gasteiger charge is -2.59. The highest BCUT2D eigenvalue weighted by Crippen LogP contribution is 2.67. The van der Waals surface area contributed by atoms with Crippen molar-refractivity contribution in [3.63, 3.8) is 0 Å². The molecule has 7 unspecified atom stereocenters. The van der Waals surface area contributed by atoms with Gasteiger partial charge in [0.2, 0.25) is 0 Å². The Kier molecular flexibility index (Phi) is 5.54. The van der Waals surface area contributed by atoms with Gasteiger partial charge in [-0.2, -0.15) is 0 Å². The Bertz CT molecular complexity index is 606. The summed E-state index contributed by atoms with van der Waals surface area (Å²) in [6.45, 7) is 9.13. The molecule has 0 aliphatic heterocycles. The minimum atomic E-state index is -0.480. The molecule has 2 heteroatoms. The molecule has 2 N–H and O–H groups in total. The smallest absolute Gasteiger partial charge is 0.0657 e. The van der Waals surface area contributed by atoms with Gasteiger partial charge in [-0.1, -0.05) is 38.3 Å². The van der Waals surface area contributed by atoms with Gasteiger partial charge in [0.1, 0.15) is 0 Å². The number of aliphatic hydroxyl groups is 2. The van der Waals surface area contributed by atoms with E-state index in [1.165, 1.54) is 57.8 Å². The van der Waals surface area contributed by atoms with E-state index in [1.807, 2.05) is 13.8 Å². The van der Waals surface area contributed by atoms with Crippen LogP contribution in [0, 0.1) is 34.5 Å². The van der Waals surface area contributed by atoms with Crippen LogP contribution in [-0.4, -0.2) is 21.9 Å². The molecule has 4 aliphatic carbocycles. The Morgan fingerprint density at radius 1 is 1.04 bits per heavy atom. The molecule has 8 atom stereocenters. The van der Waals surface area contributed by atoms with E-state index >= 15 is 0 Å². The summed E-state index contributed by atoms with van der Waals surface area (Å²) in [6.07, 6.45) is 17.3. The van der Waals surface area contributed by atoms with Crippen LogP contribution in [0.3, 0.4) is 0 Å². The van der Waals surface area contributed by atoms with Gasteiger partial charge in [0, 0.05) is 0 Å². The van der Waals surface area contributed by atoms with Gasteiger partial charge in [-0.3, -0.25) is 0 Å². The van der Waals surface area contributed by atoms with Crippen LogP contribution in [-0.2, 0) is 0 Å². The first-order valence-corrected chi connectivity index (χ1v) is 12.3. The van der Waals surface area contributed by atoms with Crippen molar-refractivity contribution in [2.75, 3.05) is 0 Å². The first-order valence-electron chi connectivity index (χ1n) is 12.3. The highest BCUT2D eigenvalue weighted by Gasteiger charge is 2.58. The van der Waals surface area contributed by atoms with Crippen LogP contribution >= 0.6 is 0 Å². The zero-order valence-corrected chi connectivity index (χ0v) is 18.8. The van der Waals surface area contributed by atoms with Crippen LogP contribution in [0.4, 0.5) is 0 Å². The quantitative estimate of drug-likeness (QED) is 0.431. The van der Waals surface area contributed by atoms with Gasteiger partial charge in [0.05, 0.1) is 11.7 Å². The summed E-state index contributed by atoms with van der Waals surface area (Å²) in [6, 6.07) is 0. The maximum absolute atomic E-state index is 10.6. The predicted molar refractivity (Wildman–Crippen MR) is 116 cm³/mol. The number of rotatable bonds is 5. The van der Waals surface area contributed by atoms with Crippen molar-refractivity contribution >= 4 is 0 Å². The van der Waals surface area contributed by atoms with Gasteiger partial charge in [-0.05, 0) is 113 Å². The molecule has 0 aromatic carbocycles. The lowest BCUT2D eigenvalue weighted by atomic mass is 9.46. The SMILES string of the molecule is CC(O)CCCCC1CCC2C3CC=C4C[C@@](C)(O)CCC4(C)C3CCC12C. The second-order valence-corrected chi connectivity index (χ2v) is 11.9. The van der Waals surface area contributed by atoms with E-state index in [-0.39, 0.29) is 6.10 Å². The maximum Gasteiger partial charge on any atom is 0.0657 e. The van der Waals surface area contributed by atoms with Crippen molar-refractivity contribution in [3.8, 4) is 0 Å². The van der Waals surface area contributed by atoms with Crippen LogP contribution in [0.5, 0.6) is 0 Å². The summed E-state index contributed by atoms with van der Waals surface area (Å²) in [7, 11) is 0. The van der Waals surface area contributed by atoms with E-state index < -0.39 is 5.60 Å². The lowest BCUT2D eigenvalue weighted by molar-refractivity contribution is -0.0661. The van der Waals surface area contributed by atoms with Gasteiger partial charge in [0.15, 0.2) is 0 Å². The average Bonchev–Trinajstić information content (AvgIpc) is 2.95. The maximum atomic E-state index is 10.6. The minimum Gasteiger partial charge on any atom is -0.393 e. The number of fused-ring (bicyclic) bond motifs is 5. The summed E-state index contributed by atoms with van der Waals surface area (Å²) in [5.74, 6) is 3.52. The van der Waals surface area contributed by atoms with Crippen molar-refractivity contribution < 1.29 is 10.2 Å². The molecule has 2 nitrogen and oxygen atoms in total. The molecule has 0 aromatic rings. The Morgan fingerprint density at radius 3 is 2.57 bits per heavy atom. The normalized spacial score (nSPS) is 49.0. The monoisotopic (exact) mass is 388 g/mol. The topological polar surface area (TPSA) is 40.5 Å². The molecule has 28 heavy (non-hydrogen) atoms. The van der Waals surface area contributed by atoms with E-state index in [1.54, 1.807) is 5.57 Å². The third kappa shape index (κ3) is 3.51. The molecule has 3 saturated carbocycles.